The Morgan fingerprint density at radius 2 is 1.91 bits per heavy atom. The van der Waals surface area contributed by atoms with Gasteiger partial charge in [-0.2, -0.15) is 4.31 Å². The number of hydrogen-bond donors (Lipinski definition) is 2. The number of nitrogens with one attached hydrogen (secondary N) is 1. The van der Waals surface area contributed by atoms with Crippen molar-refractivity contribution in [2.75, 3.05) is 37.9 Å². The molecular formula is C20H24N6O5S2. The number of thioether (sulfide) groups is 1. The van der Waals surface area contributed by atoms with E-state index in [1.807, 2.05) is 0 Å². The summed E-state index contributed by atoms with van der Waals surface area (Å²) >= 11 is 1.16. The van der Waals surface area contributed by atoms with Crippen molar-refractivity contribution in [1.29, 1.82) is 0 Å². The number of furan rings is 1. The van der Waals surface area contributed by atoms with E-state index in [0.717, 1.165) is 22.9 Å². The number of nitrogens with two attached hydrogens (primary N) is 1. The molecule has 3 N–H and O–H groups in total. The number of carbonyl (C=O) groups is 1. The molecule has 1 aromatic carbocycles. The summed E-state index contributed by atoms with van der Waals surface area (Å²) in [6, 6.07) is 8.24. The van der Waals surface area contributed by atoms with Gasteiger partial charge in [-0.1, -0.05) is 23.9 Å². The van der Waals surface area contributed by atoms with E-state index >= 15 is 0 Å². The molecular weight excluding hydrogens is 468 g/mol. The van der Waals surface area contributed by atoms with Crippen molar-refractivity contribution < 1.29 is 22.4 Å². The van der Waals surface area contributed by atoms with Crippen LogP contribution in [0.3, 0.4) is 0 Å². The fourth-order valence-corrected chi connectivity index (χ4v) is 5.37. The lowest BCUT2D eigenvalue weighted by molar-refractivity contribution is -0.118. The van der Waals surface area contributed by atoms with Gasteiger partial charge in [-0.3, -0.25) is 4.79 Å². The van der Waals surface area contributed by atoms with Crippen LogP contribution in [0.5, 0.6) is 0 Å². The van der Waals surface area contributed by atoms with Crippen LogP contribution in [0.15, 0.2) is 51.1 Å². The highest BCUT2D eigenvalue weighted by Gasteiger charge is 2.26. The Kier molecular flexibility index (Phi) is 7.02. The average Bonchev–Trinajstić information content (AvgIpc) is 3.41. The number of ether oxygens (including phenoxy) is 1. The molecule has 0 radical (unpaired) electrons. The smallest absolute Gasteiger partial charge is 0.243 e. The molecule has 0 saturated carbocycles. The number of nitrogen functional groups attached to an aromatic ring is 1. The molecule has 1 aliphatic rings. The minimum atomic E-state index is -3.54. The van der Waals surface area contributed by atoms with Crippen molar-refractivity contribution in [3.63, 3.8) is 0 Å². The molecule has 0 aliphatic carbocycles. The zero-order valence-corrected chi connectivity index (χ0v) is 19.6. The standard InChI is InChI=1S/C20H24N6O5S2/c1-14-17(6-9-31-14)19-23-24-20(26(19)21)32-13-18(27)22-12-15-2-4-16(5-3-15)33(28,29)25-7-10-30-11-8-25/h2-6,9H,7-8,10-13,21H2,1H3,(H,22,27). The number of carbonyl (C=O) groups excluding carboxylic acids is 1. The summed E-state index contributed by atoms with van der Waals surface area (Å²) in [5, 5.41) is 11.3. The SMILES string of the molecule is Cc1occc1-c1nnc(SCC(=O)NCc2ccc(S(=O)(=O)N3CCOCC3)cc2)n1N. The molecule has 1 amide bonds. The summed E-state index contributed by atoms with van der Waals surface area (Å²) < 4.78 is 38.6. The van der Waals surface area contributed by atoms with Gasteiger partial charge in [0, 0.05) is 19.6 Å². The van der Waals surface area contributed by atoms with Gasteiger partial charge in [0.05, 0.1) is 35.7 Å². The van der Waals surface area contributed by atoms with Gasteiger partial charge in [-0.15, -0.1) is 10.2 Å². The summed E-state index contributed by atoms with van der Waals surface area (Å²) in [4.78, 5) is 12.5. The molecule has 1 saturated heterocycles. The molecule has 33 heavy (non-hydrogen) atoms. The van der Waals surface area contributed by atoms with Gasteiger partial charge in [0.2, 0.25) is 21.1 Å². The van der Waals surface area contributed by atoms with E-state index in [1.165, 1.54) is 8.98 Å². The fourth-order valence-electron chi connectivity index (χ4n) is 3.27. The fraction of sp³-hybridized carbons (Fsp3) is 0.350. The molecule has 0 unspecified atom stereocenters. The maximum atomic E-state index is 12.7. The minimum Gasteiger partial charge on any atom is -0.469 e. The van der Waals surface area contributed by atoms with Crippen LogP contribution in [0, 0.1) is 6.92 Å². The van der Waals surface area contributed by atoms with Crippen molar-refractivity contribution in [2.24, 2.45) is 0 Å². The van der Waals surface area contributed by atoms with Crippen molar-refractivity contribution in [3.8, 4) is 11.4 Å². The van der Waals surface area contributed by atoms with Gasteiger partial charge >= 0.3 is 0 Å². The summed E-state index contributed by atoms with van der Waals surface area (Å²) in [7, 11) is -3.54. The van der Waals surface area contributed by atoms with E-state index in [-0.39, 0.29) is 23.1 Å². The van der Waals surface area contributed by atoms with E-state index in [4.69, 9.17) is 15.0 Å². The van der Waals surface area contributed by atoms with Crippen LogP contribution in [-0.4, -0.2) is 65.6 Å². The number of nitrogens with zero attached hydrogens (tertiary/aromatic N) is 4. The van der Waals surface area contributed by atoms with E-state index in [1.54, 1.807) is 43.5 Å². The Balaban J connectivity index is 1.29. The van der Waals surface area contributed by atoms with Crippen molar-refractivity contribution in [2.45, 2.75) is 23.5 Å². The molecule has 4 rings (SSSR count). The highest BCUT2D eigenvalue weighted by molar-refractivity contribution is 7.99. The predicted molar refractivity (Wildman–Crippen MR) is 121 cm³/mol. The Bertz CT molecular complexity index is 1220. The first kappa shape index (κ1) is 23.3. The Hall–Kier alpha value is -2.87. The molecule has 11 nitrogen and oxygen atoms in total. The zero-order chi connectivity index (χ0) is 23.4. The molecule has 0 spiro atoms. The second-order valence-corrected chi connectivity index (χ2v) is 10.2. The lowest BCUT2D eigenvalue weighted by Crippen LogP contribution is -2.40. The van der Waals surface area contributed by atoms with Gasteiger partial charge in [0.25, 0.3) is 0 Å². The minimum absolute atomic E-state index is 0.100. The molecule has 3 aromatic rings. The summed E-state index contributed by atoms with van der Waals surface area (Å²) in [5.41, 5.74) is 1.52. The lowest BCUT2D eigenvalue weighted by atomic mass is 10.2. The first-order valence-corrected chi connectivity index (χ1v) is 12.6. The third-order valence-electron chi connectivity index (χ3n) is 5.12. The number of sulfonamides is 1. The second kappa shape index (κ2) is 9.95. The molecule has 0 bridgehead atoms. The Labute approximate surface area is 195 Å². The van der Waals surface area contributed by atoms with Crippen LogP contribution in [0.25, 0.3) is 11.4 Å². The molecule has 176 valence electrons. The maximum Gasteiger partial charge on any atom is 0.243 e. The average molecular weight is 493 g/mol. The summed E-state index contributed by atoms with van der Waals surface area (Å²) in [6.07, 6.45) is 1.55. The highest BCUT2D eigenvalue weighted by Crippen LogP contribution is 2.25. The number of morpholine rings is 1. The quantitative estimate of drug-likeness (QED) is 0.347. The van der Waals surface area contributed by atoms with Crippen LogP contribution in [0.4, 0.5) is 0 Å². The topological polar surface area (TPSA) is 146 Å². The van der Waals surface area contributed by atoms with Crippen LogP contribution in [0.2, 0.25) is 0 Å². The van der Waals surface area contributed by atoms with Gasteiger partial charge in [0.15, 0.2) is 5.82 Å². The lowest BCUT2D eigenvalue weighted by Gasteiger charge is -2.26. The Morgan fingerprint density at radius 1 is 1.18 bits per heavy atom. The summed E-state index contributed by atoms with van der Waals surface area (Å²) in [6.45, 7) is 3.55. The van der Waals surface area contributed by atoms with Crippen LogP contribution in [0.1, 0.15) is 11.3 Å². The number of aryl methyl sites for hydroxylation is 1. The van der Waals surface area contributed by atoms with Crippen LogP contribution >= 0.6 is 11.8 Å². The summed E-state index contributed by atoms with van der Waals surface area (Å²) in [5.74, 6) is 7.07. The first-order chi connectivity index (χ1) is 15.9. The maximum absolute atomic E-state index is 12.7. The third kappa shape index (κ3) is 5.21. The molecule has 1 aliphatic heterocycles. The molecule has 3 heterocycles. The van der Waals surface area contributed by atoms with E-state index < -0.39 is 10.0 Å². The molecule has 0 atom stereocenters. The van der Waals surface area contributed by atoms with Gasteiger partial charge < -0.3 is 20.3 Å². The monoisotopic (exact) mass is 492 g/mol. The number of benzene rings is 1. The number of aromatic nitrogens is 3. The van der Waals surface area contributed by atoms with Gasteiger partial charge in [0.1, 0.15) is 5.76 Å². The van der Waals surface area contributed by atoms with Crippen molar-refractivity contribution >= 4 is 27.7 Å². The second-order valence-electron chi connectivity index (χ2n) is 7.29. The van der Waals surface area contributed by atoms with Crippen molar-refractivity contribution in [3.05, 3.63) is 47.9 Å². The van der Waals surface area contributed by atoms with E-state index in [0.29, 0.717) is 43.0 Å². The van der Waals surface area contributed by atoms with Crippen LogP contribution < -0.4 is 11.2 Å². The normalized spacial score (nSPS) is 14.9. The number of rotatable bonds is 8. The van der Waals surface area contributed by atoms with Crippen LogP contribution in [-0.2, 0) is 26.1 Å². The molecule has 2 aromatic heterocycles. The van der Waals surface area contributed by atoms with E-state index in [9.17, 15) is 13.2 Å². The number of amides is 1. The van der Waals surface area contributed by atoms with E-state index in [2.05, 4.69) is 15.5 Å². The first-order valence-electron chi connectivity index (χ1n) is 10.2. The highest BCUT2D eigenvalue weighted by atomic mass is 32.2. The third-order valence-corrected chi connectivity index (χ3v) is 7.97. The largest absolute Gasteiger partial charge is 0.469 e. The predicted octanol–water partition coefficient (Wildman–Crippen LogP) is 0.990. The molecule has 13 heteroatoms. The van der Waals surface area contributed by atoms with Gasteiger partial charge in [-0.25, -0.2) is 13.1 Å². The van der Waals surface area contributed by atoms with Gasteiger partial charge in [-0.05, 0) is 30.7 Å². The number of hydrogen-bond acceptors (Lipinski definition) is 9. The molecule has 1 fully saturated rings. The Morgan fingerprint density at radius 3 is 2.58 bits per heavy atom. The van der Waals surface area contributed by atoms with Crippen molar-refractivity contribution in [1.82, 2.24) is 24.5 Å². The zero-order valence-electron chi connectivity index (χ0n) is 17.9.